The first-order valence-corrected chi connectivity index (χ1v) is 8.68. The molecule has 0 radical (unpaired) electrons. The van der Waals surface area contributed by atoms with Crippen molar-refractivity contribution in [2.45, 2.75) is 44.2 Å². The summed E-state index contributed by atoms with van der Waals surface area (Å²) in [7, 11) is -1.84. The molecule has 1 heterocycles. The Balaban J connectivity index is 2.40. The highest BCUT2D eigenvalue weighted by atomic mass is 32.2. The van der Waals surface area contributed by atoms with Crippen LogP contribution in [0.3, 0.4) is 0 Å². The monoisotopic (exact) mass is 312 g/mol. The number of benzene rings is 1. The molecule has 1 aromatic rings. The van der Waals surface area contributed by atoms with Gasteiger partial charge in [0.2, 0.25) is 10.0 Å². The zero-order valence-electron chi connectivity index (χ0n) is 12.9. The number of ether oxygens (including phenoxy) is 1. The third-order valence-corrected chi connectivity index (χ3v) is 6.31. The Morgan fingerprint density at radius 1 is 1.29 bits per heavy atom. The number of nitrogens with zero attached hydrogens (tertiary/aromatic N) is 1. The molecule has 6 heteroatoms. The van der Waals surface area contributed by atoms with Crippen molar-refractivity contribution in [2.75, 3.05) is 20.3 Å². The second-order valence-electron chi connectivity index (χ2n) is 5.60. The highest BCUT2D eigenvalue weighted by molar-refractivity contribution is 7.89. The molecule has 1 saturated heterocycles. The van der Waals surface area contributed by atoms with Crippen molar-refractivity contribution in [3.63, 3.8) is 0 Å². The Morgan fingerprint density at radius 2 is 1.90 bits per heavy atom. The van der Waals surface area contributed by atoms with E-state index in [1.807, 2.05) is 19.9 Å². The lowest BCUT2D eigenvalue weighted by atomic mass is 10.1. The summed E-state index contributed by atoms with van der Waals surface area (Å²) in [6.45, 7) is 5.34. The van der Waals surface area contributed by atoms with Gasteiger partial charge in [0.1, 0.15) is 0 Å². The molecule has 0 spiro atoms. The lowest BCUT2D eigenvalue weighted by Crippen LogP contribution is -2.40. The molecule has 0 aromatic heterocycles. The van der Waals surface area contributed by atoms with Crippen LogP contribution < -0.4 is 5.73 Å². The normalized spacial score (nSPS) is 17.4. The molecule has 1 fully saturated rings. The highest BCUT2D eigenvalue weighted by Crippen LogP contribution is 2.27. The molecular formula is C15H24N2O3S. The molecule has 0 aliphatic carbocycles. The van der Waals surface area contributed by atoms with Crippen molar-refractivity contribution in [1.82, 2.24) is 4.31 Å². The topological polar surface area (TPSA) is 72.6 Å². The Bertz CT molecular complexity index is 608. The van der Waals surface area contributed by atoms with E-state index >= 15 is 0 Å². The summed E-state index contributed by atoms with van der Waals surface area (Å²) in [5.74, 6) is 0. The van der Waals surface area contributed by atoms with Gasteiger partial charge in [-0.25, -0.2) is 8.42 Å². The van der Waals surface area contributed by atoms with Gasteiger partial charge in [0.15, 0.2) is 0 Å². The van der Waals surface area contributed by atoms with E-state index in [9.17, 15) is 8.42 Å². The smallest absolute Gasteiger partial charge is 0.243 e. The summed E-state index contributed by atoms with van der Waals surface area (Å²) in [6.07, 6.45) is 1.48. The van der Waals surface area contributed by atoms with Gasteiger partial charge < -0.3 is 10.5 Å². The van der Waals surface area contributed by atoms with Gasteiger partial charge in [-0.3, -0.25) is 0 Å². The fourth-order valence-corrected chi connectivity index (χ4v) is 4.45. The highest BCUT2D eigenvalue weighted by Gasteiger charge is 2.30. The van der Waals surface area contributed by atoms with E-state index in [0.717, 1.165) is 29.5 Å². The third-order valence-electron chi connectivity index (χ3n) is 4.28. The van der Waals surface area contributed by atoms with E-state index in [1.165, 1.54) is 4.31 Å². The average molecular weight is 312 g/mol. The van der Waals surface area contributed by atoms with Crippen molar-refractivity contribution in [2.24, 2.45) is 5.73 Å². The molecule has 1 aliphatic rings. The number of hydrogen-bond acceptors (Lipinski definition) is 4. The zero-order valence-corrected chi connectivity index (χ0v) is 13.7. The zero-order chi connectivity index (χ0) is 15.6. The first kappa shape index (κ1) is 16.4. The van der Waals surface area contributed by atoms with E-state index in [0.29, 0.717) is 24.7 Å². The van der Waals surface area contributed by atoms with Crippen LogP contribution in [-0.4, -0.2) is 39.0 Å². The number of sulfonamides is 1. The summed E-state index contributed by atoms with van der Waals surface area (Å²) < 4.78 is 32.6. The SMILES string of the molecule is Cc1cc(CN)cc(S(=O)(=O)N(C)C2CCOCC2)c1C. The first-order valence-electron chi connectivity index (χ1n) is 7.24. The first-order chi connectivity index (χ1) is 9.87. The molecule has 5 nitrogen and oxygen atoms in total. The Hall–Kier alpha value is -0.950. The molecule has 2 N–H and O–H groups in total. The third kappa shape index (κ3) is 3.29. The Labute approximate surface area is 127 Å². The average Bonchev–Trinajstić information content (AvgIpc) is 2.49. The summed E-state index contributed by atoms with van der Waals surface area (Å²) in [5, 5.41) is 0. The van der Waals surface area contributed by atoms with Crippen LogP contribution in [-0.2, 0) is 21.3 Å². The van der Waals surface area contributed by atoms with E-state index in [-0.39, 0.29) is 6.04 Å². The quantitative estimate of drug-likeness (QED) is 0.916. The Morgan fingerprint density at radius 3 is 2.48 bits per heavy atom. The summed E-state index contributed by atoms with van der Waals surface area (Å²) in [6, 6.07) is 3.65. The maximum absolute atomic E-state index is 12.9. The van der Waals surface area contributed by atoms with Crippen LogP contribution in [0.15, 0.2) is 17.0 Å². The second-order valence-corrected chi connectivity index (χ2v) is 7.57. The van der Waals surface area contributed by atoms with E-state index in [2.05, 4.69) is 0 Å². The van der Waals surface area contributed by atoms with E-state index in [1.54, 1.807) is 13.1 Å². The van der Waals surface area contributed by atoms with Crippen molar-refractivity contribution >= 4 is 10.0 Å². The minimum atomic E-state index is -3.50. The fourth-order valence-electron chi connectivity index (χ4n) is 2.68. The minimum Gasteiger partial charge on any atom is -0.381 e. The number of aryl methyl sites for hydroxylation is 1. The molecule has 2 rings (SSSR count). The van der Waals surface area contributed by atoms with Crippen LogP contribution in [0.2, 0.25) is 0 Å². The molecule has 0 atom stereocenters. The minimum absolute atomic E-state index is 0.00462. The van der Waals surface area contributed by atoms with Crippen LogP contribution >= 0.6 is 0 Å². The maximum atomic E-state index is 12.9. The van der Waals surface area contributed by atoms with E-state index < -0.39 is 10.0 Å². The maximum Gasteiger partial charge on any atom is 0.243 e. The van der Waals surface area contributed by atoms with Gasteiger partial charge in [0.05, 0.1) is 4.90 Å². The lowest BCUT2D eigenvalue weighted by molar-refractivity contribution is 0.0632. The Kier molecular flexibility index (Phi) is 5.03. The van der Waals surface area contributed by atoms with Gasteiger partial charge in [0, 0.05) is 32.8 Å². The van der Waals surface area contributed by atoms with Crippen molar-refractivity contribution < 1.29 is 13.2 Å². The van der Waals surface area contributed by atoms with Crippen LogP contribution in [0.1, 0.15) is 29.5 Å². The van der Waals surface area contributed by atoms with E-state index in [4.69, 9.17) is 10.5 Å². The fraction of sp³-hybridized carbons (Fsp3) is 0.600. The number of hydrogen-bond donors (Lipinski definition) is 1. The summed E-state index contributed by atoms with van der Waals surface area (Å²) in [4.78, 5) is 0.372. The van der Waals surface area contributed by atoms with Gasteiger partial charge >= 0.3 is 0 Å². The van der Waals surface area contributed by atoms with Crippen LogP contribution in [0.25, 0.3) is 0 Å². The summed E-state index contributed by atoms with van der Waals surface area (Å²) in [5.41, 5.74) is 8.27. The van der Waals surface area contributed by atoms with Crippen molar-refractivity contribution in [3.05, 3.63) is 28.8 Å². The molecule has 1 aliphatic heterocycles. The van der Waals surface area contributed by atoms with Gasteiger partial charge in [-0.2, -0.15) is 4.31 Å². The molecule has 1 aromatic carbocycles. The van der Waals surface area contributed by atoms with Gasteiger partial charge in [0.25, 0.3) is 0 Å². The van der Waals surface area contributed by atoms with Gasteiger partial charge in [-0.1, -0.05) is 6.07 Å². The summed E-state index contributed by atoms with van der Waals surface area (Å²) >= 11 is 0. The van der Waals surface area contributed by atoms with Crippen LogP contribution in [0.4, 0.5) is 0 Å². The lowest BCUT2D eigenvalue weighted by Gasteiger charge is -2.31. The van der Waals surface area contributed by atoms with Crippen LogP contribution in [0.5, 0.6) is 0 Å². The molecule has 0 bridgehead atoms. The molecular weight excluding hydrogens is 288 g/mol. The molecule has 0 saturated carbocycles. The van der Waals surface area contributed by atoms with Crippen molar-refractivity contribution in [3.8, 4) is 0 Å². The molecule has 118 valence electrons. The largest absolute Gasteiger partial charge is 0.381 e. The number of nitrogens with two attached hydrogens (primary N) is 1. The predicted molar refractivity (Wildman–Crippen MR) is 82.6 cm³/mol. The second kappa shape index (κ2) is 6.44. The number of rotatable bonds is 4. The van der Waals surface area contributed by atoms with Crippen LogP contribution in [0, 0.1) is 13.8 Å². The predicted octanol–water partition coefficient (Wildman–Crippen LogP) is 1.56. The van der Waals surface area contributed by atoms with Gasteiger partial charge in [-0.05, 0) is 49.4 Å². The molecule has 0 amide bonds. The molecule has 0 unspecified atom stereocenters. The van der Waals surface area contributed by atoms with Gasteiger partial charge in [-0.15, -0.1) is 0 Å². The molecule has 21 heavy (non-hydrogen) atoms. The van der Waals surface area contributed by atoms with Crippen molar-refractivity contribution in [1.29, 1.82) is 0 Å². The standard InChI is InChI=1S/C15H24N2O3S/c1-11-8-13(10-16)9-15(12(11)2)21(18,19)17(3)14-4-6-20-7-5-14/h8-9,14H,4-7,10,16H2,1-3H3.